The maximum Gasteiger partial charge on any atom is -0.0155 e. The molecule has 0 bridgehead atoms. The van der Waals surface area contributed by atoms with Crippen LogP contribution in [0.3, 0.4) is 0 Å². The van der Waals surface area contributed by atoms with Crippen LogP contribution in [0.1, 0.15) is 24.5 Å². The van der Waals surface area contributed by atoms with E-state index < -0.39 is 0 Å². The molecule has 0 heteroatoms. The summed E-state index contributed by atoms with van der Waals surface area (Å²) in [6.07, 6.45) is 9.31. The van der Waals surface area contributed by atoms with E-state index in [9.17, 15) is 0 Å². The summed E-state index contributed by atoms with van der Waals surface area (Å²) in [7, 11) is 0. The Bertz CT molecular complexity index is 381. The van der Waals surface area contributed by atoms with Crippen molar-refractivity contribution in [3.63, 3.8) is 0 Å². The van der Waals surface area contributed by atoms with Gasteiger partial charge in [-0.1, -0.05) is 62.1 Å². The van der Waals surface area contributed by atoms with Crippen LogP contribution < -0.4 is 0 Å². The van der Waals surface area contributed by atoms with Gasteiger partial charge >= 0.3 is 0 Å². The van der Waals surface area contributed by atoms with Crippen LogP contribution in [0.4, 0.5) is 0 Å². The van der Waals surface area contributed by atoms with E-state index in [1.165, 1.54) is 16.7 Å². The lowest BCUT2D eigenvalue weighted by Crippen LogP contribution is -1.84. The zero-order chi connectivity index (χ0) is 11.1. The lowest BCUT2D eigenvalue weighted by atomic mass is 10.0. The first-order valence-corrected chi connectivity index (χ1v) is 5.34. The fourth-order valence-electron chi connectivity index (χ4n) is 1.47. The van der Waals surface area contributed by atoms with Crippen LogP contribution in [0.25, 0.3) is 5.57 Å². The minimum atomic E-state index is 1.06. The van der Waals surface area contributed by atoms with Crippen molar-refractivity contribution in [3.05, 3.63) is 66.3 Å². The predicted molar refractivity (Wildman–Crippen MR) is 68.8 cm³/mol. The minimum absolute atomic E-state index is 1.06. The molecule has 78 valence electrons. The number of rotatable bonds is 4. The Morgan fingerprint density at radius 3 is 2.67 bits per heavy atom. The highest BCUT2D eigenvalue weighted by Gasteiger charge is 1.98. The third-order valence-electron chi connectivity index (χ3n) is 2.32. The second kappa shape index (κ2) is 6.02. The van der Waals surface area contributed by atoms with Gasteiger partial charge in [-0.3, -0.25) is 0 Å². The molecular formula is C15H18. The third-order valence-corrected chi connectivity index (χ3v) is 2.32. The number of hydrogen-bond donors (Lipinski definition) is 0. The molecule has 0 heterocycles. The molecule has 15 heavy (non-hydrogen) atoms. The topological polar surface area (TPSA) is 0 Å². The van der Waals surface area contributed by atoms with Gasteiger partial charge in [0.25, 0.3) is 0 Å². The molecule has 1 rings (SSSR count). The van der Waals surface area contributed by atoms with Gasteiger partial charge < -0.3 is 0 Å². The van der Waals surface area contributed by atoms with E-state index in [-0.39, 0.29) is 0 Å². The fourth-order valence-corrected chi connectivity index (χ4v) is 1.47. The zero-order valence-electron chi connectivity index (χ0n) is 9.53. The first kappa shape index (κ1) is 11.5. The number of allylic oxidation sites excluding steroid dienone is 5. The largest absolute Gasteiger partial charge is 0.0984 e. The van der Waals surface area contributed by atoms with Crippen LogP contribution in [0, 0.1) is 6.92 Å². The van der Waals surface area contributed by atoms with Gasteiger partial charge in [0.15, 0.2) is 0 Å². The highest BCUT2D eigenvalue weighted by atomic mass is 14.0. The Labute approximate surface area is 92.6 Å². The molecule has 0 saturated carbocycles. The monoisotopic (exact) mass is 198 g/mol. The van der Waals surface area contributed by atoms with Gasteiger partial charge in [0.2, 0.25) is 0 Å². The van der Waals surface area contributed by atoms with Gasteiger partial charge in [0, 0.05) is 0 Å². The maximum atomic E-state index is 3.86. The van der Waals surface area contributed by atoms with E-state index in [4.69, 9.17) is 0 Å². The van der Waals surface area contributed by atoms with E-state index in [2.05, 4.69) is 62.9 Å². The molecule has 0 spiro atoms. The van der Waals surface area contributed by atoms with Crippen LogP contribution in [0.5, 0.6) is 0 Å². The summed E-state index contributed by atoms with van der Waals surface area (Å²) in [5.41, 5.74) is 3.72. The molecule has 0 fully saturated rings. The van der Waals surface area contributed by atoms with E-state index in [1.807, 2.05) is 6.08 Å². The number of benzene rings is 1. The van der Waals surface area contributed by atoms with Crippen LogP contribution in [-0.2, 0) is 0 Å². The first-order chi connectivity index (χ1) is 7.29. The van der Waals surface area contributed by atoms with Crippen molar-refractivity contribution in [1.29, 1.82) is 0 Å². The molecule has 0 unspecified atom stereocenters. The van der Waals surface area contributed by atoms with Gasteiger partial charge in [-0.15, -0.1) is 0 Å². The van der Waals surface area contributed by atoms with Gasteiger partial charge in [-0.2, -0.15) is 0 Å². The summed E-state index contributed by atoms with van der Waals surface area (Å²) < 4.78 is 0. The van der Waals surface area contributed by atoms with Gasteiger partial charge in [0.05, 0.1) is 0 Å². The predicted octanol–water partition coefficient (Wildman–Crippen LogP) is 4.53. The van der Waals surface area contributed by atoms with Crippen molar-refractivity contribution in [2.24, 2.45) is 0 Å². The molecule has 0 amide bonds. The molecule has 0 aliphatic carbocycles. The second-order valence-corrected chi connectivity index (χ2v) is 3.48. The van der Waals surface area contributed by atoms with Gasteiger partial charge in [-0.05, 0) is 30.0 Å². The number of hydrogen-bond acceptors (Lipinski definition) is 0. The molecule has 1 aromatic rings. The van der Waals surface area contributed by atoms with Gasteiger partial charge in [0.1, 0.15) is 0 Å². The highest BCUT2D eigenvalue weighted by Crippen LogP contribution is 2.19. The summed E-state index contributed by atoms with van der Waals surface area (Å²) >= 11 is 0. The normalized spacial score (nSPS) is 12.0. The summed E-state index contributed by atoms with van der Waals surface area (Å²) in [4.78, 5) is 0. The van der Waals surface area contributed by atoms with Crippen LogP contribution >= 0.6 is 0 Å². The lowest BCUT2D eigenvalue weighted by Gasteiger charge is -2.05. The van der Waals surface area contributed by atoms with E-state index >= 15 is 0 Å². The average molecular weight is 198 g/mol. The van der Waals surface area contributed by atoms with Crippen LogP contribution in [0.2, 0.25) is 0 Å². The second-order valence-electron chi connectivity index (χ2n) is 3.48. The van der Waals surface area contributed by atoms with E-state index in [0.29, 0.717) is 0 Å². The average Bonchev–Trinajstić information content (AvgIpc) is 2.26. The Balaban J connectivity index is 3.02. The highest BCUT2D eigenvalue weighted by molar-refractivity contribution is 5.76. The lowest BCUT2D eigenvalue weighted by molar-refractivity contribution is 1.22. The minimum Gasteiger partial charge on any atom is -0.0984 e. The summed E-state index contributed by atoms with van der Waals surface area (Å²) in [6.45, 7) is 8.11. The molecule has 0 atom stereocenters. The smallest absolute Gasteiger partial charge is 0.0155 e. The molecule has 0 saturated heterocycles. The van der Waals surface area contributed by atoms with Crippen molar-refractivity contribution in [2.45, 2.75) is 20.3 Å². The Morgan fingerprint density at radius 1 is 1.33 bits per heavy atom. The quantitative estimate of drug-likeness (QED) is 0.623. The zero-order valence-corrected chi connectivity index (χ0v) is 9.53. The molecule has 0 aliphatic heterocycles. The molecule has 0 nitrogen and oxygen atoms in total. The van der Waals surface area contributed by atoms with Gasteiger partial charge in [-0.25, -0.2) is 0 Å². The number of aryl methyl sites for hydroxylation is 1. The summed E-state index contributed by atoms with van der Waals surface area (Å²) in [5.74, 6) is 0. The molecular weight excluding hydrogens is 180 g/mol. The molecule has 0 radical (unpaired) electrons. The SMILES string of the molecule is C=C/C(=C\C=C/CC)c1ccccc1C. The molecule has 0 aliphatic rings. The third kappa shape index (κ3) is 3.25. The Morgan fingerprint density at radius 2 is 2.07 bits per heavy atom. The maximum absolute atomic E-state index is 3.86. The van der Waals surface area contributed by atoms with Crippen molar-refractivity contribution in [2.75, 3.05) is 0 Å². The molecule has 0 N–H and O–H groups in total. The van der Waals surface area contributed by atoms with Crippen molar-refractivity contribution >= 4 is 5.57 Å². The fraction of sp³-hybridized carbons (Fsp3) is 0.200. The van der Waals surface area contributed by atoms with E-state index in [1.54, 1.807) is 0 Å². The Kier molecular flexibility index (Phi) is 4.62. The molecule has 1 aromatic carbocycles. The summed E-state index contributed by atoms with van der Waals surface area (Å²) in [6, 6.07) is 8.36. The van der Waals surface area contributed by atoms with Crippen LogP contribution in [0.15, 0.2) is 55.1 Å². The van der Waals surface area contributed by atoms with Crippen molar-refractivity contribution in [3.8, 4) is 0 Å². The Hall–Kier alpha value is -1.56. The first-order valence-electron chi connectivity index (χ1n) is 5.34. The summed E-state index contributed by atoms with van der Waals surface area (Å²) in [5, 5.41) is 0. The van der Waals surface area contributed by atoms with E-state index in [0.717, 1.165) is 6.42 Å². The van der Waals surface area contributed by atoms with Crippen molar-refractivity contribution in [1.82, 2.24) is 0 Å². The standard InChI is InChI=1S/C15H18/c1-4-6-7-11-14(5-2)15-12-9-8-10-13(15)3/h5-12H,2,4H2,1,3H3/b7-6-,14-11+. The molecule has 0 aromatic heterocycles. The van der Waals surface area contributed by atoms with Crippen molar-refractivity contribution < 1.29 is 0 Å². The van der Waals surface area contributed by atoms with Crippen LogP contribution in [-0.4, -0.2) is 0 Å².